The molecule has 2 aliphatic carbocycles. The summed E-state index contributed by atoms with van der Waals surface area (Å²) in [5.74, 6) is 0.399. The van der Waals surface area contributed by atoms with Crippen molar-refractivity contribution in [1.29, 1.82) is 0 Å². The van der Waals surface area contributed by atoms with Crippen LogP contribution in [0.1, 0.15) is 37.3 Å². The topological polar surface area (TPSA) is 0 Å². The van der Waals surface area contributed by atoms with Crippen molar-refractivity contribution >= 4 is 8.07 Å². The number of rotatable bonds is 1. The van der Waals surface area contributed by atoms with Crippen molar-refractivity contribution in [3.8, 4) is 11.1 Å². The first-order chi connectivity index (χ1) is 11.4. The summed E-state index contributed by atoms with van der Waals surface area (Å²) in [5, 5.41) is 3.37. The Labute approximate surface area is 195 Å². The van der Waals surface area contributed by atoms with E-state index in [2.05, 4.69) is 81.5 Å². The summed E-state index contributed by atoms with van der Waals surface area (Å²) in [5.41, 5.74) is 7.60. The van der Waals surface area contributed by atoms with E-state index in [-0.39, 0.29) is 51.0 Å². The average molecular weight is 490 g/mol. The Bertz CT molecular complexity index is 911. The van der Waals surface area contributed by atoms with Gasteiger partial charge in [-0.1, -0.05) is 87.3 Å². The standard InChI is InChI=1S/C23H23Si.2ClH.Zr/c1-23(2)14-15(13-20-22(23)24(20,3)4)21-18-11-7-5-9-16(18)17-10-6-8-12-19(17)21;;;/h5-12,21H,14H2,1-4H3;2*1H;/q-1;;;+3/p-2. The van der Waals surface area contributed by atoms with E-state index in [0.717, 1.165) is 6.42 Å². The van der Waals surface area contributed by atoms with Crippen molar-refractivity contribution < 1.29 is 51.0 Å². The molecule has 4 heteroatoms. The second-order valence-corrected chi connectivity index (χ2v) is 12.9. The van der Waals surface area contributed by atoms with Gasteiger partial charge in [0.1, 0.15) is 0 Å². The fourth-order valence-corrected chi connectivity index (χ4v) is 9.69. The maximum Gasteiger partial charge on any atom is 3.00 e. The quantitative estimate of drug-likeness (QED) is 0.393. The van der Waals surface area contributed by atoms with Gasteiger partial charge < -0.3 is 24.8 Å². The van der Waals surface area contributed by atoms with Crippen molar-refractivity contribution in [2.45, 2.75) is 39.3 Å². The number of hydrogen-bond donors (Lipinski definition) is 0. The Morgan fingerprint density at radius 1 is 0.889 bits per heavy atom. The van der Waals surface area contributed by atoms with Gasteiger partial charge in [0.25, 0.3) is 0 Å². The molecule has 1 heterocycles. The molecule has 1 aliphatic heterocycles. The van der Waals surface area contributed by atoms with Crippen LogP contribution >= 0.6 is 0 Å². The Morgan fingerprint density at radius 3 is 1.85 bits per heavy atom. The van der Waals surface area contributed by atoms with E-state index in [1.54, 1.807) is 10.4 Å². The van der Waals surface area contributed by atoms with Crippen LogP contribution < -0.4 is 24.8 Å². The van der Waals surface area contributed by atoms with Crippen LogP contribution in [0.5, 0.6) is 0 Å². The number of benzene rings is 2. The van der Waals surface area contributed by atoms with Crippen molar-refractivity contribution in [3.63, 3.8) is 0 Å². The molecule has 0 atom stereocenters. The Kier molecular flexibility index (Phi) is 6.31. The van der Waals surface area contributed by atoms with E-state index in [9.17, 15) is 0 Å². The van der Waals surface area contributed by atoms with Gasteiger partial charge in [-0.25, -0.2) is 10.4 Å². The third-order valence-corrected chi connectivity index (χ3v) is 9.77. The molecule has 0 aromatic heterocycles. The predicted molar refractivity (Wildman–Crippen MR) is 103 cm³/mol. The maximum atomic E-state index is 3.92. The SMILES string of the molecule is CC1(C)CC(C2c3ccccc3-c3ccccc32)=[C-]C2=C1[Si]2(C)C.[Cl-].[Cl-].[Zr+3]. The number of halogens is 2. The van der Waals surface area contributed by atoms with Crippen molar-refractivity contribution in [1.82, 2.24) is 0 Å². The zero-order valence-electron chi connectivity index (χ0n) is 16.2. The molecule has 0 bridgehead atoms. The Balaban J connectivity index is 0.000000871. The maximum absolute atomic E-state index is 3.92. The molecule has 0 amide bonds. The molecule has 0 N–H and O–H groups in total. The molecule has 0 fully saturated rings. The Hall–Kier alpha value is -0.400. The van der Waals surface area contributed by atoms with Crippen LogP contribution in [0.3, 0.4) is 0 Å². The largest absolute Gasteiger partial charge is 3.00 e. The predicted octanol–water partition coefficient (Wildman–Crippen LogP) is 0.0609. The normalized spacial score (nSPS) is 20.1. The summed E-state index contributed by atoms with van der Waals surface area (Å²) >= 11 is 0. The van der Waals surface area contributed by atoms with Crippen LogP contribution in [0.4, 0.5) is 0 Å². The number of fused-ring (bicyclic) bond motifs is 3. The van der Waals surface area contributed by atoms with Crippen molar-refractivity contribution in [3.05, 3.63) is 81.7 Å². The molecule has 0 unspecified atom stereocenters. The zero-order chi connectivity index (χ0) is 16.7. The third kappa shape index (κ3) is 3.21. The molecule has 5 rings (SSSR count). The van der Waals surface area contributed by atoms with Gasteiger partial charge in [-0.3, -0.25) is 6.08 Å². The molecule has 137 valence electrons. The summed E-state index contributed by atoms with van der Waals surface area (Å²) in [6, 6.07) is 17.9. The molecule has 1 radical (unpaired) electrons. The summed E-state index contributed by atoms with van der Waals surface area (Å²) in [4.78, 5) is 0. The third-order valence-electron chi connectivity index (χ3n) is 6.21. The van der Waals surface area contributed by atoms with Crippen LogP contribution in [0, 0.1) is 11.5 Å². The van der Waals surface area contributed by atoms with Gasteiger partial charge >= 0.3 is 26.2 Å². The summed E-state index contributed by atoms with van der Waals surface area (Å²) in [6.45, 7) is 9.87. The monoisotopic (exact) mass is 487 g/mol. The number of allylic oxidation sites excluding steroid dienone is 4. The first kappa shape index (κ1) is 22.9. The van der Waals surface area contributed by atoms with Gasteiger partial charge in [-0.05, 0) is 30.3 Å². The van der Waals surface area contributed by atoms with Gasteiger partial charge in [-0.2, -0.15) is 5.57 Å². The molecular formula is C23H23Cl2SiZr. The molecule has 0 saturated heterocycles. The first-order valence-electron chi connectivity index (χ1n) is 8.98. The molecule has 0 spiro atoms. The first-order valence-corrected chi connectivity index (χ1v) is 12.0. The second kappa shape index (κ2) is 7.45. The van der Waals surface area contributed by atoms with E-state index in [1.165, 1.54) is 27.8 Å². The van der Waals surface area contributed by atoms with Crippen LogP contribution in [-0.4, -0.2) is 8.07 Å². The van der Waals surface area contributed by atoms with Crippen molar-refractivity contribution in [2.24, 2.45) is 5.41 Å². The molecule has 0 saturated carbocycles. The summed E-state index contributed by atoms with van der Waals surface area (Å²) < 4.78 is 0. The molecule has 2 aromatic carbocycles. The van der Waals surface area contributed by atoms with Crippen molar-refractivity contribution in [2.75, 3.05) is 0 Å². The molecular weight excluding hydrogens is 466 g/mol. The minimum atomic E-state index is -1.27. The van der Waals surface area contributed by atoms with Crippen LogP contribution in [0.2, 0.25) is 13.1 Å². The second-order valence-electron chi connectivity index (χ2n) is 8.69. The zero-order valence-corrected chi connectivity index (χ0v) is 21.1. The van der Waals surface area contributed by atoms with Gasteiger partial charge in [0.05, 0.1) is 0 Å². The molecule has 3 aliphatic rings. The van der Waals surface area contributed by atoms with Gasteiger partial charge in [0.15, 0.2) is 0 Å². The van der Waals surface area contributed by atoms with E-state index in [0.29, 0.717) is 11.3 Å². The van der Waals surface area contributed by atoms with Crippen LogP contribution in [0.25, 0.3) is 11.1 Å². The van der Waals surface area contributed by atoms with E-state index in [1.807, 2.05) is 0 Å². The molecule has 0 nitrogen and oxygen atoms in total. The van der Waals surface area contributed by atoms with Crippen LogP contribution in [0.15, 0.2) is 64.5 Å². The molecule has 2 aromatic rings. The summed E-state index contributed by atoms with van der Waals surface area (Å²) in [7, 11) is -1.27. The average Bonchev–Trinajstić information content (AvgIpc) is 2.97. The minimum absolute atomic E-state index is 0. The van der Waals surface area contributed by atoms with Gasteiger partial charge in [0.2, 0.25) is 0 Å². The Morgan fingerprint density at radius 2 is 1.37 bits per heavy atom. The smallest absolute Gasteiger partial charge is 1.00 e. The van der Waals surface area contributed by atoms with E-state index < -0.39 is 8.07 Å². The minimum Gasteiger partial charge on any atom is -1.00 e. The van der Waals surface area contributed by atoms with E-state index in [4.69, 9.17) is 0 Å². The van der Waals surface area contributed by atoms with Crippen LogP contribution in [-0.2, 0) is 26.2 Å². The summed E-state index contributed by atoms with van der Waals surface area (Å²) in [6.07, 6.45) is 5.07. The fraction of sp³-hybridized carbons (Fsp3) is 0.304. The number of hydrogen-bond acceptors (Lipinski definition) is 0. The molecule has 27 heavy (non-hydrogen) atoms. The van der Waals surface area contributed by atoms with Gasteiger partial charge in [0, 0.05) is 5.92 Å². The van der Waals surface area contributed by atoms with E-state index >= 15 is 0 Å². The van der Waals surface area contributed by atoms with Gasteiger partial charge in [-0.15, -0.1) is 0 Å². The fourth-order valence-electron chi connectivity index (χ4n) is 5.35.